The Morgan fingerprint density at radius 3 is 1.80 bits per heavy atom. The molecule has 0 amide bonds. The van der Waals surface area contributed by atoms with Gasteiger partial charge in [0.25, 0.3) is 0 Å². The van der Waals surface area contributed by atoms with Gasteiger partial charge in [-0.05, 0) is 38.2 Å². The highest BCUT2D eigenvalue weighted by Crippen LogP contribution is 2.42. The molecule has 2 nitrogen and oxygen atoms in total. The largest absolute Gasteiger partial charge is 0.237 e. The zero-order valence-electron chi connectivity index (χ0n) is 10.4. The molecule has 15 heavy (non-hydrogen) atoms. The van der Waals surface area contributed by atoms with E-state index >= 15 is 0 Å². The number of nitrogens with zero attached hydrogens (tertiary/aromatic N) is 2. The summed E-state index contributed by atoms with van der Waals surface area (Å²) in [4.78, 5) is 9.31. The summed E-state index contributed by atoms with van der Waals surface area (Å²) in [6, 6.07) is 0. The lowest BCUT2D eigenvalue weighted by Crippen LogP contribution is -2.18. The van der Waals surface area contributed by atoms with Crippen molar-refractivity contribution in [3.8, 4) is 0 Å². The van der Waals surface area contributed by atoms with E-state index in [1.165, 1.54) is 29.8 Å². The van der Waals surface area contributed by atoms with Crippen LogP contribution in [0.15, 0.2) is 0 Å². The van der Waals surface area contributed by atoms with Crippen molar-refractivity contribution >= 4 is 0 Å². The topological polar surface area (TPSA) is 25.8 Å². The van der Waals surface area contributed by atoms with Crippen LogP contribution >= 0.6 is 0 Å². The monoisotopic (exact) mass is 204 g/mol. The first-order valence-electron chi connectivity index (χ1n) is 5.75. The molecule has 1 fully saturated rings. The Hall–Kier alpha value is -0.920. The highest BCUT2D eigenvalue weighted by Gasteiger charge is 2.29. The third-order valence-electron chi connectivity index (χ3n) is 2.98. The minimum absolute atomic E-state index is 0.0532. The fourth-order valence-corrected chi connectivity index (χ4v) is 2.02. The Morgan fingerprint density at radius 2 is 1.47 bits per heavy atom. The van der Waals surface area contributed by atoms with Crippen molar-refractivity contribution in [3.63, 3.8) is 0 Å². The lowest BCUT2D eigenvalue weighted by Gasteiger charge is -2.19. The zero-order chi connectivity index (χ0) is 11.2. The SMILES string of the molecule is Cc1nc(C(C)(C)C)nc(C)c1C1CC1. The first-order valence-corrected chi connectivity index (χ1v) is 5.75. The van der Waals surface area contributed by atoms with E-state index in [0.29, 0.717) is 0 Å². The van der Waals surface area contributed by atoms with Crippen molar-refractivity contribution in [1.82, 2.24) is 9.97 Å². The average Bonchev–Trinajstić information content (AvgIpc) is 2.84. The van der Waals surface area contributed by atoms with Crippen molar-refractivity contribution in [1.29, 1.82) is 0 Å². The van der Waals surface area contributed by atoms with Crippen molar-refractivity contribution in [2.45, 2.75) is 58.8 Å². The van der Waals surface area contributed by atoms with Crippen molar-refractivity contribution in [2.24, 2.45) is 0 Å². The minimum atomic E-state index is 0.0532. The molecule has 82 valence electrons. The number of aryl methyl sites for hydroxylation is 2. The van der Waals surface area contributed by atoms with Gasteiger partial charge in [-0.3, -0.25) is 0 Å². The molecule has 0 bridgehead atoms. The molecular formula is C13H20N2. The summed E-state index contributed by atoms with van der Waals surface area (Å²) in [6.07, 6.45) is 2.64. The Morgan fingerprint density at radius 1 is 1.00 bits per heavy atom. The minimum Gasteiger partial charge on any atom is -0.237 e. The van der Waals surface area contributed by atoms with Crippen LogP contribution in [-0.4, -0.2) is 9.97 Å². The molecule has 0 aliphatic heterocycles. The van der Waals surface area contributed by atoms with E-state index in [9.17, 15) is 0 Å². The van der Waals surface area contributed by atoms with E-state index in [0.717, 1.165) is 11.7 Å². The molecule has 2 heteroatoms. The molecule has 0 N–H and O–H groups in total. The van der Waals surface area contributed by atoms with Gasteiger partial charge >= 0.3 is 0 Å². The highest BCUT2D eigenvalue weighted by atomic mass is 14.9. The summed E-state index contributed by atoms with van der Waals surface area (Å²) < 4.78 is 0. The average molecular weight is 204 g/mol. The second kappa shape index (κ2) is 3.29. The van der Waals surface area contributed by atoms with Crippen molar-refractivity contribution in [2.75, 3.05) is 0 Å². The smallest absolute Gasteiger partial charge is 0.134 e. The van der Waals surface area contributed by atoms with Crippen LogP contribution in [0.5, 0.6) is 0 Å². The molecule has 2 rings (SSSR count). The van der Waals surface area contributed by atoms with Gasteiger partial charge in [-0.25, -0.2) is 9.97 Å². The molecule has 0 aromatic carbocycles. The molecule has 0 radical (unpaired) electrons. The van der Waals surface area contributed by atoms with Crippen LogP contribution in [-0.2, 0) is 5.41 Å². The van der Waals surface area contributed by atoms with Crippen LogP contribution in [0.2, 0.25) is 0 Å². The van der Waals surface area contributed by atoms with E-state index in [2.05, 4.69) is 44.6 Å². The van der Waals surface area contributed by atoms with Crippen molar-refractivity contribution in [3.05, 3.63) is 22.8 Å². The molecule has 1 aromatic rings. The molecule has 0 saturated heterocycles. The van der Waals surface area contributed by atoms with Gasteiger partial charge in [-0.2, -0.15) is 0 Å². The predicted molar refractivity (Wildman–Crippen MR) is 62.2 cm³/mol. The molecule has 0 atom stereocenters. The maximum absolute atomic E-state index is 4.66. The van der Waals surface area contributed by atoms with Gasteiger partial charge in [0.05, 0.1) is 0 Å². The van der Waals surface area contributed by atoms with E-state index < -0.39 is 0 Å². The van der Waals surface area contributed by atoms with Gasteiger partial charge in [-0.1, -0.05) is 20.8 Å². The van der Waals surface area contributed by atoms with E-state index in [4.69, 9.17) is 0 Å². The van der Waals surface area contributed by atoms with Gasteiger partial charge in [0.15, 0.2) is 0 Å². The van der Waals surface area contributed by atoms with E-state index in [-0.39, 0.29) is 5.41 Å². The van der Waals surface area contributed by atoms with Crippen LogP contribution < -0.4 is 0 Å². The summed E-state index contributed by atoms with van der Waals surface area (Å²) in [7, 11) is 0. The highest BCUT2D eigenvalue weighted by molar-refractivity contribution is 5.32. The predicted octanol–water partition coefficient (Wildman–Crippen LogP) is 3.27. The standard InChI is InChI=1S/C13H20N2/c1-8-11(10-6-7-10)9(2)15-12(14-8)13(3,4)5/h10H,6-7H2,1-5H3. The zero-order valence-corrected chi connectivity index (χ0v) is 10.4. The lowest BCUT2D eigenvalue weighted by molar-refractivity contribution is 0.539. The second-order valence-corrected chi connectivity index (χ2v) is 5.66. The van der Waals surface area contributed by atoms with E-state index in [1.807, 2.05) is 0 Å². The number of rotatable bonds is 1. The van der Waals surface area contributed by atoms with Gasteiger partial charge < -0.3 is 0 Å². The Balaban J connectivity index is 2.47. The van der Waals surface area contributed by atoms with Gasteiger partial charge in [0, 0.05) is 16.8 Å². The molecule has 0 spiro atoms. The maximum Gasteiger partial charge on any atom is 0.134 e. The summed E-state index contributed by atoms with van der Waals surface area (Å²) in [5, 5.41) is 0. The van der Waals surface area contributed by atoms with Crippen LogP contribution in [0.1, 0.15) is 62.3 Å². The quantitative estimate of drug-likeness (QED) is 0.701. The number of hydrogen-bond acceptors (Lipinski definition) is 2. The molecule has 1 aliphatic carbocycles. The molecule has 1 saturated carbocycles. The second-order valence-electron chi connectivity index (χ2n) is 5.66. The van der Waals surface area contributed by atoms with Gasteiger partial charge in [0.2, 0.25) is 0 Å². The summed E-state index contributed by atoms with van der Waals surface area (Å²) in [6.45, 7) is 10.7. The third kappa shape index (κ3) is 2.04. The van der Waals surface area contributed by atoms with Crippen LogP contribution in [0.25, 0.3) is 0 Å². The summed E-state index contributed by atoms with van der Waals surface area (Å²) in [5.41, 5.74) is 3.84. The third-order valence-corrected chi connectivity index (χ3v) is 2.98. The molecular weight excluding hydrogens is 184 g/mol. The van der Waals surface area contributed by atoms with Gasteiger partial charge in [-0.15, -0.1) is 0 Å². The fourth-order valence-electron chi connectivity index (χ4n) is 2.02. The Kier molecular flexibility index (Phi) is 2.32. The molecule has 0 unspecified atom stereocenters. The van der Waals surface area contributed by atoms with Crippen molar-refractivity contribution < 1.29 is 0 Å². The van der Waals surface area contributed by atoms with Crippen LogP contribution in [0.3, 0.4) is 0 Å². The molecule has 1 aromatic heterocycles. The Bertz CT molecular complexity index is 361. The Labute approximate surface area is 92.1 Å². The normalized spacial score (nSPS) is 16.9. The maximum atomic E-state index is 4.66. The van der Waals surface area contributed by atoms with Gasteiger partial charge in [0.1, 0.15) is 5.82 Å². The first kappa shape index (κ1) is 10.6. The van der Waals surface area contributed by atoms with E-state index in [1.54, 1.807) is 0 Å². The molecule has 1 aliphatic rings. The fraction of sp³-hybridized carbons (Fsp3) is 0.692. The first-order chi connectivity index (χ1) is 6.89. The molecule has 1 heterocycles. The number of aromatic nitrogens is 2. The van der Waals surface area contributed by atoms with Crippen LogP contribution in [0, 0.1) is 13.8 Å². The van der Waals surface area contributed by atoms with Crippen LogP contribution in [0.4, 0.5) is 0 Å². The lowest BCUT2D eigenvalue weighted by atomic mass is 9.94. The number of hydrogen-bond donors (Lipinski definition) is 0. The summed E-state index contributed by atoms with van der Waals surface area (Å²) in [5.74, 6) is 1.72. The summed E-state index contributed by atoms with van der Waals surface area (Å²) >= 11 is 0.